The van der Waals surface area contributed by atoms with Crippen LogP contribution in [0.1, 0.15) is 31.2 Å². The minimum atomic E-state index is -3.51. The Kier molecular flexibility index (Phi) is 8.39. The fourth-order valence-corrected chi connectivity index (χ4v) is 5.38. The van der Waals surface area contributed by atoms with Gasteiger partial charge in [-0.25, -0.2) is 8.42 Å². The molecule has 0 unspecified atom stereocenters. The predicted octanol–water partition coefficient (Wildman–Crippen LogP) is 4.85. The summed E-state index contributed by atoms with van der Waals surface area (Å²) in [6, 6.07) is 23.2. The molecule has 8 heteroatoms. The van der Waals surface area contributed by atoms with Gasteiger partial charge in [-0.2, -0.15) is 4.31 Å². The van der Waals surface area contributed by atoms with Gasteiger partial charge in [0, 0.05) is 18.8 Å². The van der Waals surface area contributed by atoms with Crippen molar-refractivity contribution < 1.29 is 22.7 Å². The van der Waals surface area contributed by atoms with Crippen LogP contribution >= 0.6 is 0 Å². The normalized spacial score (nSPS) is 14.6. The van der Waals surface area contributed by atoms with Crippen LogP contribution in [0.4, 0.5) is 5.69 Å². The van der Waals surface area contributed by atoms with E-state index in [1.807, 2.05) is 30.3 Å². The summed E-state index contributed by atoms with van der Waals surface area (Å²) in [6.45, 7) is 1.39. The van der Waals surface area contributed by atoms with Crippen molar-refractivity contribution in [2.75, 3.05) is 25.0 Å². The van der Waals surface area contributed by atoms with Gasteiger partial charge < -0.3 is 14.8 Å². The number of nitrogens with one attached hydrogen (secondary N) is 1. The Labute approximate surface area is 206 Å². The molecule has 0 atom stereocenters. The number of carbonyl (C=O) groups excluding carboxylic acids is 1. The number of hydrogen-bond acceptors (Lipinski definition) is 5. The van der Waals surface area contributed by atoms with E-state index in [2.05, 4.69) is 5.32 Å². The molecule has 1 amide bonds. The van der Waals surface area contributed by atoms with Gasteiger partial charge in [0.15, 0.2) is 6.61 Å². The van der Waals surface area contributed by atoms with Crippen molar-refractivity contribution in [3.05, 3.63) is 84.4 Å². The summed E-state index contributed by atoms with van der Waals surface area (Å²) >= 11 is 0. The molecular weight excluding hydrogens is 464 g/mol. The Hall–Kier alpha value is -3.36. The van der Waals surface area contributed by atoms with Crippen LogP contribution in [0.25, 0.3) is 0 Å². The zero-order valence-electron chi connectivity index (χ0n) is 19.6. The van der Waals surface area contributed by atoms with Crippen LogP contribution in [0.5, 0.6) is 11.5 Å². The van der Waals surface area contributed by atoms with Gasteiger partial charge in [-0.15, -0.1) is 0 Å². The van der Waals surface area contributed by atoms with E-state index < -0.39 is 10.0 Å². The molecule has 1 N–H and O–H groups in total. The third-order valence-corrected chi connectivity index (χ3v) is 7.70. The highest BCUT2D eigenvalue weighted by molar-refractivity contribution is 7.89. The average Bonchev–Trinajstić information content (AvgIpc) is 3.18. The predicted molar refractivity (Wildman–Crippen MR) is 135 cm³/mol. The third-order valence-electron chi connectivity index (χ3n) is 5.78. The zero-order chi connectivity index (χ0) is 24.5. The largest absolute Gasteiger partial charge is 0.489 e. The molecule has 184 valence electrons. The van der Waals surface area contributed by atoms with Crippen LogP contribution in [0.15, 0.2) is 83.8 Å². The second-order valence-electron chi connectivity index (χ2n) is 8.43. The first kappa shape index (κ1) is 24.8. The van der Waals surface area contributed by atoms with Crippen LogP contribution in [-0.4, -0.2) is 38.3 Å². The Balaban J connectivity index is 1.24. The van der Waals surface area contributed by atoms with Gasteiger partial charge in [0.25, 0.3) is 5.91 Å². The number of anilines is 1. The van der Waals surface area contributed by atoms with Crippen LogP contribution in [0.2, 0.25) is 0 Å². The molecule has 0 aromatic heterocycles. The summed E-state index contributed by atoms with van der Waals surface area (Å²) in [6.07, 6.45) is 3.90. The molecule has 0 radical (unpaired) electrons. The summed E-state index contributed by atoms with van der Waals surface area (Å²) in [7, 11) is -3.51. The molecule has 7 nitrogen and oxygen atoms in total. The molecule has 1 fully saturated rings. The summed E-state index contributed by atoms with van der Waals surface area (Å²) in [5.74, 6) is 0.821. The van der Waals surface area contributed by atoms with E-state index in [9.17, 15) is 13.2 Å². The van der Waals surface area contributed by atoms with Crippen molar-refractivity contribution >= 4 is 21.6 Å². The summed E-state index contributed by atoms with van der Waals surface area (Å²) in [5.41, 5.74) is 1.71. The summed E-state index contributed by atoms with van der Waals surface area (Å²) < 4.78 is 38.6. The van der Waals surface area contributed by atoms with Crippen LogP contribution < -0.4 is 14.8 Å². The molecule has 0 spiro atoms. The molecule has 35 heavy (non-hydrogen) atoms. The number of hydrogen-bond donors (Lipinski definition) is 1. The minimum absolute atomic E-state index is 0.190. The quantitative estimate of drug-likeness (QED) is 0.460. The summed E-state index contributed by atoms with van der Waals surface area (Å²) in [4.78, 5) is 12.5. The number of nitrogens with zero attached hydrogens (tertiary/aromatic N) is 1. The lowest BCUT2D eigenvalue weighted by Crippen LogP contribution is -2.31. The molecule has 1 aliphatic rings. The zero-order valence-corrected chi connectivity index (χ0v) is 20.4. The van der Waals surface area contributed by atoms with Gasteiger partial charge in [0.05, 0.1) is 4.90 Å². The minimum Gasteiger partial charge on any atom is -0.489 e. The molecule has 1 saturated heterocycles. The Bertz CT molecular complexity index is 1190. The number of ether oxygens (including phenoxy) is 2. The Morgan fingerprint density at radius 3 is 2.03 bits per heavy atom. The molecule has 0 saturated carbocycles. The van der Waals surface area contributed by atoms with E-state index in [-0.39, 0.29) is 17.4 Å². The molecular formula is C27H30N2O5S. The Morgan fingerprint density at radius 1 is 0.771 bits per heavy atom. The fraction of sp³-hybridized carbons (Fsp3) is 0.296. The second-order valence-corrected chi connectivity index (χ2v) is 10.4. The lowest BCUT2D eigenvalue weighted by Gasteiger charge is -2.20. The van der Waals surface area contributed by atoms with E-state index >= 15 is 0 Å². The maximum absolute atomic E-state index is 12.9. The maximum Gasteiger partial charge on any atom is 0.262 e. The monoisotopic (exact) mass is 494 g/mol. The van der Waals surface area contributed by atoms with Crippen LogP contribution in [0, 0.1) is 0 Å². The molecule has 1 aliphatic heterocycles. The maximum atomic E-state index is 12.9. The second kappa shape index (κ2) is 11.9. The van der Waals surface area contributed by atoms with Gasteiger partial charge in [-0.3, -0.25) is 4.79 Å². The first-order valence-electron chi connectivity index (χ1n) is 11.8. The molecule has 0 aliphatic carbocycles. The standard InChI is InChI=1S/C27H30N2O5S/c30-27(28-23-10-12-24(13-11-23)33-20-22-8-4-3-5-9-22)21-34-25-14-16-26(17-15-25)35(31,32)29-18-6-1-2-7-19-29/h3-5,8-17H,1-2,6-7,18-21H2,(H,28,30). The van der Waals surface area contributed by atoms with Crippen molar-refractivity contribution in [3.63, 3.8) is 0 Å². The number of carbonyl (C=O) groups is 1. The van der Waals surface area contributed by atoms with Crippen LogP contribution in [-0.2, 0) is 21.4 Å². The summed E-state index contributed by atoms with van der Waals surface area (Å²) in [5, 5.41) is 2.78. The lowest BCUT2D eigenvalue weighted by atomic mass is 10.2. The van der Waals surface area contributed by atoms with E-state index in [0.717, 1.165) is 31.2 Å². The molecule has 3 aromatic carbocycles. The smallest absolute Gasteiger partial charge is 0.262 e. The van der Waals surface area contributed by atoms with Crippen molar-refractivity contribution in [2.24, 2.45) is 0 Å². The van der Waals surface area contributed by atoms with E-state index in [4.69, 9.17) is 9.47 Å². The first-order valence-corrected chi connectivity index (χ1v) is 13.2. The van der Waals surface area contributed by atoms with Crippen molar-refractivity contribution in [1.29, 1.82) is 0 Å². The van der Waals surface area contributed by atoms with Gasteiger partial charge in [0.1, 0.15) is 18.1 Å². The van der Waals surface area contributed by atoms with Crippen molar-refractivity contribution in [2.45, 2.75) is 37.2 Å². The van der Waals surface area contributed by atoms with Crippen molar-refractivity contribution in [1.82, 2.24) is 4.31 Å². The average molecular weight is 495 g/mol. The number of amides is 1. The highest BCUT2D eigenvalue weighted by atomic mass is 32.2. The van der Waals surface area contributed by atoms with E-state index in [1.165, 1.54) is 12.1 Å². The lowest BCUT2D eigenvalue weighted by molar-refractivity contribution is -0.118. The van der Waals surface area contributed by atoms with Crippen molar-refractivity contribution in [3.8, 4) is 11.5 Å². The van der Waals surface area contributed by atoms with E-state index in [0.29, 0.717) is 36.9 Å². The van der Waals surface area contributed by atoms with Gasteiger partial charge in [-0.05, 0) is 66.9 Å². The molecule has 3 aromatic rings. The van der Waals surface area contributed by atoms with Gasteiger partial charge in [0.2, 0.25) is 10.0 Å². The SMILES string of the molecule is O=C(COc1ccc(S(=O)(=O)N2CCCCCC2)cc1)Nc1ccc(OCc2ccccc2)cc1. The van der Waals surface area contributed by atoms with Gasteiger partial charge in [-0.1, -0.05) is 43.2 Å². The number of rotatable bonds is 9. The highest BCUT2D eigenvalue weighted by Gasteiger charge is 2.25. The van der Waals surface area contributed by atoms with Crippen LogP contribution in [0.3, 0.4) is 0 Å². The topological polar surface area (TPSA) is 84.9 Å². The highest BCUT2D eigenvalue weighted by Crippen LogP contribution is 2.23. The fourth-order valence-electron chi connectivity index (χ4n) is 3.86. The molecule has 0 bridgehead atoms. The molecule has 1 heterocycles. The van der Waals surface area contributed by atoms with E-state index in [1.54, 1.807) is 40.7 Å². The first-order chi connectivity index (χ1) is 17.0. The van der Waals surface area contributed by atoms with Gasteiger partial charge >= 0.3 is 0 Å². The number of sulfonamides is 1. The third kappa shape index (κ3) is 7.07. The Morgan fingerprint density at radius 2 is 1.37 bits per heavy atom. The molecule has 4 rings (SSSR count). The number of benzene rings is 3.